The molecule has 3 unspecified atom stereocenters. The second kappa shape index (κ2) is 39.4. The quantitative estimate of drug-likeness (QED) is 0.0384. The van der Waals surface area contributed by atoms with Gasteiger partial charge in [0.1, 0.15) is 6.10 Å². The molecule has 3 atom stereocenters. The van der Waals surface area contributed by atoms with Crippen LogP contribution in [0.25, 0.3) is 0 Å². The standard InChI is InChI=1S/C44H83NO4/c1-3-5-7-9-11-13-15-17-18-19-20-21-22-23-24-25-26-27-29-30-32-34-36-38-42(47)41(40-46)45-44(49)43(48)39-37-35-33-31-28-16-14-12-10-8-6-4-2/h28-31,36,38,41-43,46-48H,3-27,32-35,37,39-40H2,1-2H3,(H,45,49)/b30-29+,31-28-,38-36+. The van der Waals surface area contributed by atoms with Crippen molar-refractivity contribution in [2.75, 3.05) is 6.61 Å². The van der Waals surface area contributed by atoms with Gasteiger partial charge in [0.15, 0.2) is 0 Å². The van der Waals surface area contributed by atoms with Crippen LogP contribution in [0.3, 0.4) is 0 Å². The molecular weight excluding hydrogens is 606 g/mol. The number of aliphatic hydroxyl groups is 3. The van der Waals surface area contributed by atoms with Crippen LogP contribution in [0.2, 0.25) is 0 Å². The molecule has 0 saturated heterocycles. The van der Waals surface area contributed by atoms with Gasteiger partial charge in [0.05, 0.1) is 18.8 Å². The molecule has 49 heavy (non-hydrogen) atoms. The molecule has 5 heteroatoms. The van der Waals surface area contributed by atoms with Gasteiger partial charge in [-0.3, -0.25) is 4.79 Å². The Morgan fingerprint density at radius 1 is 0.490 bits per heavy atom. The van der Waals surface area contributed by atoms with Gasteiger partial charge in [-0.1, -0.05) is 192 Å². The summed E-state index contributed by atoms with van der Waals surface area (Å²) in [6.45, 7) is 4.15. The minimum absolute atomic E-state index is 0.382. The van der Waals surface area contributed by atoms with Crippen LogP contribution < -0.4 is 5.32 Å². The van der Waals surface area contributed by atoms with Crippen LogP contribution in [-0.2, 0) is 4.79 Å². The van der Waals surface area contributed by atoms with E-state index in [-0.39, 0.29) is 6.61 Å². The van der Waals surface area contributed by atoms with E-state index in [1.54, 1.807) is 6.08 Å². The smallest absolute Gasteiger partial charge is 0.249 e. The van der Waals surface area contributed by atoms with Gasteiger partial charge in [0, 0.05) is 0 Å². The van der Waals surface area contributed by atoms with Crippen molar-refractivity contribution >= 4 is 5.91 Å². The number of allylic oxidation sites excluding steroid dienone is 5. The predicted molar refractivity (Wildman–Crippen MR) is 213 cm³/mol. The fourth-order valence-corrected chi connectivity index (χ4v) is 6.31. The van der Waals surface area contributed by atoms with Crippen LogP contribution >= 0.6 is 0 Å². The van der Waals surface area contributed by atoms with E-state index in [1.165, 1.54) is 148 Å². The number of amides is 1. The molecule has 288 valence electrons. The number of carbonyl (C=O) groups excluding carboxylic acids is 1. The fraction of sp³-hybridized carbons (Fsp3) is 0.841. The summed E-state index contributed by atoms with van der Waals surface area (Å²) in [5.74, 6) is -0.530. The number of aliphatic hydroxyl groups excluding tert-OH is 3. The van der Waals surface area contributed by atoms with E-state index in [0.717, 1.165) is 44.9 Å². The van der Waals surface area contributed by atoms with Crippen molar-refractivity contribution in [1.82, 2.24) is 5.32 Å². The Kier molecular flexibility index (Phi) is 38.2. The number of carbonyl (C=O) groups is 1. The highest BCUT2D eigenvalue weighted by Crippen LogP contribution is 2.15. The van der Waals surface area contributed by atoms with Gasteiger partial charge < -0.3 is 20.6 Å². The van der Waals surface area contributed by atoms with Crippen LogP contribution in [0, 0.1) is 0 Å². The van der Waals surface area contributed by atoms with Crippen molar-refractivity contribution in [3.63, 3.8) is 0 Å². The third-order valence-electron chi connectivity index (χ3n) is 9.70. The molecule has 0 radical (unpaired) electrons. The number of hydrogen-bond donors (Lipinski definition) is 4. The molecule has 0 bridgehead atoms. The number of rotatable bonds is 38. The third kappa shape index (κ3) is 34.8. The monoisotopic (exact) mass is 690 g/mol. The Balaban J connectivity index is 3.71. The van der Waals surface area contributed by atoms with Crippen LogP contribution in [-0.4, -0.2) is 46.1 Å². The topological polar surface area (TPSA) is 89.8 Å². The Labute approximate surface area is 304 Å². The molecule has 0 aromatic rings. The van der Waals surface area contributed by atoms with Crippen molar-refractivity contribution in [3.8, 4) is 0 Å². The molecular formula is C44H83NO4. The molecule has 0 rings (SSSR count). The van der Waals surface area contributed by atoms with E-state index < -0.39 is 24.2 Å². The van der Waals surface area contributed by atoms with E-state index in [9.17, 15) is 20.1 Å². The molecule has 0 aliphatic rings. The highest BCUT2D eigenvalue weighted by Gasteiger charge is 2.22. The molecule has 0 spiro atoms. The summed E-state index contributed by atoms with van der Waals surface area (Å²) in [5, 5.41) is 33.0. The molecule has 0 aromatic carbocycles. The summed E-state index contributed by atoms with van der Waals surface area (Å²) in [6.07, 6.45) is 49.0. The van der Waals surface area contributed by atoms with Crippen molar-refractivity contribution < 1.29 is 20.1 Å². The first-order valence-electron chi connectivity index (χ1n) is 21.3. The number of nitrogens with one attached hydrogen (secondary N) is 1. The Hall–Kier alpha value is -1.43. The highest BCUT2D eigenvalue weighted by atomic mass is 16.3. The Morgan fingerprint density at radius 2 is 0.837 bits per heavy atom. The van der Waals surface area contributed by atoms with Gasteiger partial charge in [-0.25, -0.2) is 0 Å². The van der Waals surface area contributed by atoms with Gasteiger partial charge in [-0.05, 0) is 57.8 Å². The van der Waals surface area contributed by atoms with Crippen LogP contribution in [0.15, 0.2) is 36.5 Å². The SMILES string of the molecule is CCCCCCCC/C=C\CCCCC(O)C(=O)NC(CO)C(O)/C=C/CC/C=C/CCCCCCCCCCCCCCCCCCC. The van der Waals surface area contributed by atoms with Gasteiger partial charge in [0.25, 0.3) is 0 Å². The van der Waals surface area contributed by atoms with Crippen LogP contribution in [0.4, 0.5) is 0 Å². The molecule has 4 N–H and O–H groups in total. The molecule has 0 aliphatic carbocycles. The van der Waals surface area contributed by atoms with Gasteiger partial charge >= 0.3 is 0 Å². The van der Waals surface area contributed by atoms with E-state index in [0.29, 0.717) is 6.42 Å². The zero-order valence-corrected chi connectivity index (χ0v) is 32.6. The summed E-state index contributed by atoms with van der Waals surface area (Å²) in [4.78, 5) is 12.4. The van der Waals surface area contributed by atoms with Crippen LogP contribution in [0.1, 0.15) is 213 Å². The lowest BCUT2D eigenvalue weighted by molar-refractivity contribution is -0.131. The Bertz CT molecular complexity index is 764. The van der Waals surface area contributed by atoms with Gasteiger partial charge in [-0.15, -0.1) is 0 Å². The third-order valence-corrected chi connectivity index (χ3v) is 9.70. The molecule has 0 saturated carbocycles. The largest absolute Gasteiger partial charge is 0.394 e. The molecule has 0 heterocycles. The maximum Gasteiger partial charge on any atom is 0.249 e. The van der Waals surface area contributed by atoms with Crippen molar-refractivity contribution in [2.24, 2.45) is 0 Å². The summed E-state index contributed by atoms with van der Waals surface area (Å²) in [7, 11) is 0. The van der Waals surface area contributed by atoms with E-state index in [4.69, 9.17) is 0 Å². The van der Waals surface area contributed by atoms with E-state index in [2.05, 4.69) is 43.5 Å². The summed E-state index contributed by atoms with van der Waals surface area (Å²) in [5.41, 5.74) is 0. The van der Waals surface area contributed by atoms with Crippen LogP contribution in [0.5, 0.6) is 0 Å². The van der Waals surface area contributed by atoms with Crippen molar-refractivity contribution in [2.45, 2.75) is 231 Å². The minimum atomic E-state index is -1.12. The second-order valence-corrected chi connectivity index (χ2v) is 14.5. The molecule has 0 aromatic heterocycles. The van der Waals surface area contributed by atoms with Crippen molar-refractivity contribution in [3.05, 3.63) is 36.5 Å². The van der Waals surface area contributed by atoms with E-state index in [1.807, 2.05) is 6.08 Å². The van der Waals surface area contributed by atoms with Gasteiger partial charge in [0.2, 0.25) is 5.91 Å². The maximum atomic E-state index is 12.4. The first kappa shape index (κ1) is 47.6. The lowest BCUT2D eigenvalue weighted by atomic mass is 10.0. The predicted octanol–water partition coefficient (Wildman–Crippen LogP) is 12.0. The van der Waals surface area contributed by atoms with Crippen molar-refractivity contribution in [1.29, 1.82) is 0 Å². The maximum absolute atomic E-state index is 12.4. The fourth-order valence-electron chi connectivity index (χ4n) is 6.31. The molecule has 1 amide bonds. The zero-order chi connectivity index (χ0) is 35.9. The Morgan fingerprint density at radius 3 is 1.24 bits per heavy atom. The first-order chi connectivity index (χ1) is 24.1. The summed E-state index contributed by atoms with van der Waals surface area (Å²) >= 11 is 0. The molecule has 0 fully saturated rings. The second-order valence-electron chi connectivity index (χ2n) is 14.5. The average molecular weight is 690 g/mol. The first-order valence-corrected chi connectivity index (χ1v) is 21.3. The number of unbranched alkanes of at least 4 members (excludes halogenated alkanes) is 26. The zero-order valence-electron chi connectivity index (χ0n) is 32.6. The molecule has 5 nitrogen and oxygen atoms in total. The summed E-state index contributed by atoms with van der Waals surface area (Å²) in [6, 6.07) is -0.821. The normalized spacial score (nSPS) is 14.0. The minimum Gasteiger partial charge on any atom is -0.394 e. The van der Waals surface area contributed by atoms with Gasteiger partial charge in [-0.2, -0.15) is 0 Å². The molecule has 0 aliphatic heterocycles. The van der Waals surface area contributed by atoms with E-state index >= 15 is 0 Å². The average Bonchev–Trinajstić information content (AvgIpc) is 3.11. The number of hydrogen-bond acceptors (Lipinski definition) is 4. The lowest BCUT2D eigenvalue weighted by Crippen LogP contribution is -2.48. The lowest BCUT2D eigenvalue weighted by Gasteiger charge is -2.21. The highest BCUT2D eigenvalue weighted by molar-refractivity contribution is 5.80. The summed E-state index contributed by atoms with van der Waals surface area (Å²) < 4.78 is 0.